The Labute approximate surface area is 200 Å². The summed E-state index contributed by atoms with van der Waals surface area (Å²) in [5, 5.41) is 3.01. The van der Waals surface area contributed by atoms with Gasteiger partial charge >= 0.3 is 0 Å². The molecule has 0 atom stereocenters. The summed E-state index contributed by atoms with van der Waals surface area (Å²) in [6.45, 7) is 0.547. The lowest BCUT2D eigenvalue weighted by Gasteiger charge is -2.25. The van der Waals surface area contributed by atoms with E-state index < -0.39 is 0 Å². The van der Waals surface area contributed by atoms with Crippen LogP contribution in [0.3, 0.4) is 0 Å². The second-order valence-electron chi connectivity index (χ2n) is 9.21. The highest BCUT2D eigenvalue weighted by atomic mass is 16.5. The number of ether oxygens (including phenoxy) is 1. The molecule has 2 saturated carbocycles. The fourth-order valence-electron chi connectivity index (χ4n) is 4.14. The molecule has 5 heteroatoms. The number of benzene rings is 3. The second-order valence-corrected chi connectivity index (χ2v) is 9.21. The van der Waals surface area contributed by atoms with Gasteiger partial charge in [0.25, 0.3) is 5.91 Å². The zero-order valence-corrected chi connectivity index (χ0v) is 19.2. The molecule has 0 saturated heterocycles. The number of amides is 2. The molecule has 5 rings (SSSR count). The number of carbonyl (C=O) groups excluding carboxylic acids is 2. The normalized spacial score (nSPS) is 15.2. The maximum Gasteiger partial charge on any atom is 0.251 e. The summed E-state index contributed by atoms with van der Waals surface area (Å²) in [6.07, 6.45) is 3.89. The minimum atomic E-state index is -0.295. The highest BCUT2D eigenvalue weighted by Crippen LogP contribution is 2.30. The summed E-state index contributed by atoms with van der Waals surface area (Å²) in [5.74, 6) is -0.0274. The van der Waals surface area contributed by atoms with Crippen LogP contribution >= 0.6 is 0 Å². The Balaban J connectivity index is 1.24. The molecule has 0 unspecified atom stereocenters. The van der Waals surface area contributed by atoms with Crippen molar-refractivity contribution >= 4 is 11.8 Å². The molecule has 0 bridgehead atoms. The summed E-state index contributed by atoms with van der Waals surface area (Å²) in [4.78, 5) is 27.4. The summed E-state index contributed by atoms with van der Waals surface area (Å²) < 4.78 is 6.22. The Hall–Kier alpha value is -3.44. The van der Waals surface area contributed by atoms with E-state index in [-0.39, 0.29) is 30.6 Å². The van der Waals surface area contributed by atoms with Crippen molar-refractivity contribution in [2.75, 3.05) is 6.61 Å². The zero-order valence-electron chi connectivity index (χ0n) is 19.2. The second kappa shape index (κ2) is 10.2. The maximum absolute atomic E-state index is 13.2. The van der Waals surface area contributed by atoms with E-state index in [4.69, 9.17) is 4.74 Å². The van der Waals surface area contributed by atoms with Gasteiger partial charge in [0, 0.05) is 24.2 Å². The van der Waals surface area contributed by atoms with Crippen molar-refractivity contribution in [2.45, 2.75) is 50.4 Å². The molecule has 1 N–H and O–H groups in total. The van der Waals surface area contributed by atoms with Gasteiger partial charge in [0.05, 0.1) is 0 Å². The Bertz CT molecular complexity index is 1070. The highest BCUT2D eigenvalue weighted by Gasteiger charge is 2.33. The minimum Gasteiger partial charge on any atom is -0.359 e. The number of carbonyl (C=O) groups is 2. The maximum atomic E-state index is 13.2. The van der Waals surface area contributed by atoms with Gasteiger partial charge in [-0.3, -0.25) is 9.59 Å². The first-order valence-electron chi connectivity index (χ1n) is 12.1. The van der Waals surface area contributed by atoms with Crippen LogP contribution in [-0.2, 0) is 16.1 Å². The summed E-state index contributed by atoms with van der Waals surface area (Å²) in [7, 11) is 0. The summed E-state index contributed by atoms with van der Waals surface area (Å²) >= 11 is 0. The van der Waals surface area contributed by atoms with E-state index in [1.807, 2.05) is 89.8 Å². The lowest BCUT2D eigenvalue weighted by atomic mass is 10.0. The van der Waals surface area contributed by atoms with Gasteiger partial charge in [-0.25, -0.2) is 0 Å². The van der Waals surface area contributed by atoms with E-state index in [2.05, 4.69) is 5.32 Å². The van der Waals surface area contributed by atoms with Gasteiger partial charge in [-0.05, 0) is 54.5 Å². The fourth-order valence-corrected chi connectivity index (χ4v) is 4.14. The third-order valence-electron chi connectivity index (χ3n) is 6.37. The van der Waals surface area contributed by atoms with E-state index in [9.17, 15) is 9.59 Å². The first-order valence-corrected chi connectivity index (χ1v) is 12.1. The molecule has 2 fully saturated rings. The molecule has 2 amide bonds. The first kappa shape index (κ1) is 22.4. The molecule has 5 nitrogen and oxygen atoms in total. The van der Waals surface area contributed by atoms with Crippen LogP contribution in [0.2, 0.25) is 0 Å². The van der Waals surface area contributed by atoms with Gasteiger partial charge in [-0.2, -0.15) is 0 Å². The third-order valence-corrected chi connectivity index (χ3v) is 6.37. The highest BCUT2D eigenvalue weighted by molar-refractivity contribution is 5.94. The van der Waals surface area contributed by atoms with Gasteiger partial charge in [-0.15, -0.1) is 0 Å². The van der Waals surface area contributed by atoms with Crippen molar-refractivity contribution in [1.29, 1.82) is 0 Å². The molecule has 3 aromatic rings. The van der Waals surface area contributed by atoms with Gasteiger partial charge in [-0.1, -0.05) is 72.8 Å². The average Bonchev–Trinajstić information content (AvgIpc) is 3.80. The Kier molecular flexibility index (Phi) is 6.72. The molecule has 0 radical (unpaired) electrons. The van der Waals surface area contributed by atoms with E-state index in [1.165, 1.54) is 0 Å². The molecule has 0 aliphatic heterocycles. The summed E-state index contributed by atoms with van der Waals surface area (Å²) in [5.41, 5.74) is 3.74. The molecule has 0 spiro atoms. The van der Waals surface area contributed by atoms with Crippen molar-refractivity contribution in [3.63, 3.8) is 0 Å². The monoisotopic (exact) mass is 454 g/mol. The molecule has 34 heavy (non-hydrogen) atoms. The number of hydrogen-bond acceptors (Lipinski definition) is 3. The molecule has 0 aromatic heterocycles. The van der Waals surface area contributed by atoms with Crippen LogP contribution in [-0.4, -0.2) is 35.4 Å². The van der Waals surface area contributed by atoms with E-state index >= 15 is 0 Å². The number of rotatable bonds is 10. The topological polar surface area (TPSA) is 58.6 Å². The van der Waals surface area contributed by atoms with Crippen LogP contribution < -0.4 is 5.32 Å². The average molecular weight is 455 g/mol. The van der Waals surface area contributed by atoms with Crippen LogP contribution in [0.4, 0.5) is 0 Å². The molecule has 3 aromatic carbocycles. The van der Waals surface area contributed by atoms with Crippen molar-refractivity contribution < 1.29 is 14.3 Å². The summed E-state index contributed by atoms with van der Waals surface area (Å²) in [6, 6.07) is 28.2. The van der Waals surface area contributed by atoms with Gasteiger partial charge in [0.15, 0.2) is 0 Å². The van der Waals surface area contributed by atoms with Crippen LogP contribution in [0.25, 0.3) is 0 Å². The number of nitrogens with zero attached hydrogens (tertiary/aromatic N) is 1. The van der Waals surface area contributed by atoms with Crippen molar-refractivity contribution in [2.24, 2.45) is 0 Å². The van der Waals surface area contributed by atoms with E-state index in [0.29, 0.717) is 18.2 Å². The number of nitrogens with one attached hydrogen (secondary N) is 1. The van der Waals surface area contributed by atoms with E-state index in [1.54, 1.807) is 0 Å². The van der Waals surface area contributed by atoms with Crippen LogP contribution in [0.15, 0.2) is 84.9 Å². The Morgan fingerprint density at radius 1 is 0.824 bits per heavy atom. The molecule has 2 aliphatic carbocycles. The predicted molar refractivity (Wildman–Crippen MR) is 131 cm³/mol. The van der Waals surface area contributed by atoms with Crippen molar-refractivity contribution in [3.8, 4) is 0 Å². The molecular weight excluding hydrogens is 424 g/mol. The third kappa shape index (κ3) is 5.72. The van der Waals surface area contributed by atoms with Crippen LogP contribution in [0.1, 0.15) is 58.8 Å². The number of hydrogen-bond donors (Lipinski definition) is 1. The molecule has 174 valence electrons. The SMILES string of the molecule is O=C(NC1CC1)c1ccc(CN(C(=O)COC(c2ccccc2)c2ccccc2)C2CC2)cc1. The zero-order chi connectivity index (χ0) is 23.3. The first-order chi connectivity index (χ1) is 16.7. The van der Waals surface area contributed by atoms with Crippen LogP contribution in [0, 0.1) is 0 Å². The Morgan fingerprint density at radius 3 is 1.94 bits per heavy atom. The van der Waals surface area contributed by atoms with Crippen molar-refractivity contribution in [1.82, 2.24) is 10.2 Å². The lowest BCUT2D eigenvalue weighted by Crippen LogP contribution is -2.36. The van der Waals surface area contributed by atoms with Gasteiger partial charge < -0.3 is 15.0 Å². The molecular formula is C29H30N2O3. The van der Waals surface area contributed by atoms with Gasteiger partial charge in [0.1, 0.15) is 12.7 Å². The molecule has 0 heterocycles. The quantitative estimate of drug-likeness (QED) is 0.475. The largest absolute Gasteiger partial charge is 0.359 e. The fraction of sp³-hybridized carbons (Fsp3) is 0.310. The van der Waals surface area contributed by atoms with Crippen molar-refractivity contribution in [3.05, 3.63) is 107 Å². The van der Waals surface area contributed by atoms with E-state index in [0.717, 1.165) is 42.4 Å². The molecule has 2 aliphatic rings. The van der Waals surface area contributed by atoms with Gasteiger partial charge in [0.2, 0.25) is 5.91 Å². The predicted octanol–water partition coefficient (Wildman–Crippen LogP) is 4.88. The Morgan fingerprint density at radius 2 is 1.41 bits per heavy atom. The minimum absolute atomic E-state index is 0.00471. The lowest BCUT2D eigenvalue weighted by molar-refractivity contribution is -0.138. The van der Waals surface area contributed by atoms with Crippen LogP contribution in [0.5, 0.6) is 0 Å². The smallest absolute Gasteiger partial charge is 0.251 e. The standard InChI is InChI=1S/C29H30N2O3/c32-27(20-34-28(22-7-3-1-4-8-22)23-9-5-2-6-10-23)31(26-17-18-26)19-21-11-13-24(14-12-21)29(33)30-25-15-16-25/h1-14,25-26,28H,15-20H2,(H,30,33).